The second-order valence-electron chi connectivity index (χ2n) is 5.59. The standard InChI is InChI=1S/C13H26N2O/c1-9(2)7-11(8-14)15-13(16)12-6-4-5-10(12)3/h9-12H,4-8,14H2,1-3H3,(H,15,16). The Labute approximate surface area is 99.2 Å². The van der Waals surface area contributed by atoms with Crippen LogP contribution in [0.1, 0.15) is 46.5 Å². The molecule has 3 heteroatoms. The Balaban J connectivity index is 2.42. The summed E-state index contributed by atoms with van der Waals surface area (Å²) in [6.45, 7) is 7.04. The zero-order valence-corrected chi connectivity index (χ0v) is 10.8. The van der Waals surface area contributed by atoms with Gasteiger partial charge in [-0.05, 0) is 31.1 Å². The Hall–Kier alpha value is -0.570. The second-order valence-corrected chi connectivity index (χ2v) is 5.59. The lowest BCUT2D eigenvalue weighted by Gasteiger charge is -2.22. The molecule has 1 amide bonds. The van der Waals surface area contributed by atoms with Crippen LogP contribution in [0.3, 0.4) is 0 Å². The second kappa shape index (κ2) is 6.24. The molecule has 0 radical (unpaired) electrons. The van der Waals surface area contributed by atoms with E-state index in [1.54, 1.807) is 0 Å². The smallest absolute Gasteiger partial charge is 0.223 e. The summed E-state index contributed by atoms with van der Waals surface area (Å²) in [5.41, 5.74) is 5.69. The summed E-state index contributed by atoms with van der Waals surface area (Å²) in [7, 11) is 0. The molecule has 3 atom stereocenters. The van der Waals surface area contributed by atoms with Crippen molar-refractivity contribution in [2.75, 3.05) is 6.54 Å². The fourth-order valence-electron chi connectivity index (χ4n) is 2.63. The summed E-state index contributed by atoms with van der Waals surface area (Å²) in [5, 5.41) is 3.11. The van der Waals surface area contributed by atoms with Crippen LogP contribution in [0.15, 0.2) is 0 Å². The third-order valence-corrected chi connectivity index (χ3v) is 3.59. The molecule has 0 saturated heterocycles. The Bertz CT molecular complexity index is 228. The first-order chi connectivity index (χ1) is 7.54. The van der Waals surface area contributed by atoms with Gasteiger partial charge in [0, 0.05) is 18.5 Å². The van der Waals surface area contributed by atoms with Crippen LogP contribution in [-0.4, -0.2) is 18.5 Å². The van der Waals surface area contributed by atoms with Gasteiger partial charge in [-0.3, -0.25) is 4.79 Å². The quantitative estimate of drug-likeness (QED) is 0.752. The highest BCUT2D eigenvalue weighted by Crippen LogP contribution is 2.31. The Kier molecular flexibility index (Phi) is 5.26. The number of hydrogen-bond acceptors (Lipinski definition) is 2. The van der Waals surface area contributed by atoms with Crippen molar-refractivity contribution in [3.05, 3.63) is 0 Å². The molecule has 0 aliphatic heterocycles. The van der Waals surface area contributed by atoms with Crippen LogP contribution in [0.2, 0.25) is 0 Å². The third-order valence-electron chi connectivity index (χ3n) is 3.59. The molecular weight excluding hydrogens is 200 g/mol. The molecule has 16 heavy (non-hydrogen) atoms. The van der Waals surface area contributed by atoms with Gasteiger partial charge in [0.25, 0.3) is 0 Å². The molecule has 1 aliphatic rings. The highest BCUT2D eigenvalue weighted by molar-refractivity contribution is 5.79. The molecule has 3 N–H and O–H groups in total. The van der Waals surface area contributed by atoms with Gasteiger partial charge in [-0.15, -0.1) is 0 Å². The molecule has 3 unspecified atom stereocenters. The fraction of sp³-hybridized carbons (Fsp3) is 0.923. The number of hydrogen-bond donors (Lipinski definition) is 2. The van der Waals surface area contributed by atoms with E-state index in [2.05, 4.69) is 26.1 Å². The summed E-state index contributed by atoms with van der Waals surface area (Å²) < 4.78 is 0. The van der Waals surface area contributed by atoms with E-state index in [4.69, 9.17) is 5.73 Å². The number of nitrogens with two attached hydrogens (primary N) is 1. The zero-order chi connectivity index (χ0) is 12.1. The first kappa shape index (κ1) is 13.5. The largest absolute Gasteiger partial charge is 0.352 e. The summed E-state index contributed by atoms with van der Waals surface area (Å²) in [4.78, 5) is 12.0. The minimum absolute atomic E-state index is 0.153. The van der Waals surface area contributed by atoms with Crippen molar-refractivity contribution in [2.24, 2.45) is 23.5 Å². The van der Waals surface area contributed by atoms with Crippen LogP contribution in [-0.2, 0) is 4.79 Å². The van der Waals surface area contributed by atoms with Crippen LogP contribution >= 0.6 is 0 Å². The molecule has 0 aromatic rings. The maximum absolute atomic E-state index is 12.0. The Morgan fingerprint density at radius 3 is 2.56 bits per heavy atom. The van der Waals surface area contributed by atoms with Gasteiger partial charge in [0.2, 0.25) is 5.91 Å². The lowest BCUT2D eigenvalue weighted by molar-refractivity contribution is -0.126. The fourth-order valence-corrected chi connectivity index (χ4v) is 2.63. The molecule has 1 fully saturated rings. The predicted octanol–water partition coefficient (Wildman–Crippen LogP) is 1.91. The minimum Gasteiger partial charge on any atom is -0.352 e. The van der Waals surface area contributed by atoms with E-state index in [-0.39, 0.29) is 17.9 Å². The van der Waals surface area contributed by atoms with Crippen molar-refractivity contribution in [2.45, 2.75) is 52.5 Å². The van der Waals surface area contributed by atoms with E-state index in [1.165, 1.54) is 12.8 Å². The molecule has 94 valence electrons. The lowest BCUT2D eigenvalue weighted by atomic mass is 9.96. The lowest BCUT2D eigenvalue weighted by Crippen LogP contribution is -2.44. The van der Waals surface area contributed by atoms with Gasteiger partial charge >= 0.3 is 0 Å². The molecule has 0 heterocycles. The molecule has 1 aliphatic carbocycles. The number of rotatable bonds is 5. The molecule has 0 aromatic heterocycles. The summed E-state index contributed by atoms with van der Waals surface area (Å²) in [6.07, 6.45) is 4.40. The van der Waals surface area contributed by atoms with Crippen molar-refractivity contribution >= 4 is 5.91 Å². The third kappa shape index (κ3) is 3.78. The van der Waals surface area contributed by atoms with Gasteiger partial charge in [-0.1, -0.05) is 27.2 Å². The summed E-state index contributed by atoms with van der Waals surface area (Å²) >= 11 is 0. The van der Waals surface area contributed by atoms with Crippen LogP contribution in [0, 0.1) is 17.8 Å². The van der Waals surface area contributed by atoms with Crippen LogP contribution in [0.5, 0.6) is 0 Å². The highest BCUT2D eigenvalue weighted by Gasteiger charge is 2.30. The minimum atomic E-state index is 0.153. The van der Waals surface area contributed by atoms with Crippen LogP contribution in [0.25, 0.3) is 0 Å². The topological polar surface area (TPSA) is 55.1 Å². The first-order valence-electron chi connectivity index (χ1n) is 6.55. The summed E-state index contributed by atoms with van der Waals surface area (Å²) in [6, 6.07) is 0.153. The number of carbonyl (C=O) groups is 1. The van der Waals surface area contributed by atoms with Gasteiger partial charge in [-0.2, -0.15) is 0 Å². The van der Waals surface area contributed by atoms with Gasteiger partial charge in [0.1, 0.15) is 0 Å². The van der Waals surface area contributed by atoms with Crippen molar-refractivity contribution in [3.8, 4) is 0 Å². The van der Waals surface area contributed by atoms with Crippen molar-refractivity contribution in [1.82, 2.24) is 5.32 Å². The van der Waals surface area contributed by atoms with Crippen molar-refractivity contribution < 1.29 is 4.79 Å². The van der Waals surface area contributed by atoms with Gasteiger partial charge in [0.15, 0.2) is 0 Å². The van der Waals surface area contributed by atoms with E-state index in [0.717, 1.165) is 12.8 Å². The van der Waals surface area contributed by atoms with Crippen LogP contribution < -0.4 is 11.1 Å². The molecule has 1 rings (SSSR count). The molecule has 1 saturated carbocycles. The number of carbonyl (C=O) groups excluding carboxylic acids is 1. The van der Waals surface area contributed by atoms with E-state index in [1.807, 2.05) is 0 Å². The Morgan fingerprint density at radius 2 is 2.12 bits per heavy atom. The maximum Gasteiger partial charge on any atom is 0.223 e. The normalized spacial score (nSPS) is 27.1. The van der Waals surface area contributed by atoms with E-state index < -0.39 is 0 Å². The molecule has 3 nitrogen and oxygen atoms in total. The average Bonchev–Trinajstić information content (AvgIpc) is 2.62. The Morgan fingerprint density at radius 1 is 1.44 bits per heavy atom. The maximum atomic E-state index is 12.0. The zero-order valence-electron chi connectivity index (χ0n) is 10.8. The monoisotopic (exact) mass is 226 g/mol. The summed E-state index contributed by atoms with van der Waals surface area (Å²) in [5.74, 6) is 1.56. The highest BCUT2D eigenvalue weighted by atomic mass is 16.2. The number of amides is 1. The van der Waals surface area contributed by atoms with Gasteiger partial charge in [0.05, 0.1) is 0 Å². The van der Waals surface area contributed by atoms with E-state index in [0.29, 0.717) is 18.4 Å². The molecular formula is C13H26N2O. The van der Waals surface area contributed by atoms with Gasteiger partial charge < -0.3 is 11.1 Å². The van der Waals surface area contributed by atoms with Gasteiger partial charge in [-0.25, -0.2) is 0 Å². The van der Waals surface area contributed by atoms with Crippen molar-refractivity contribution in [1.29, 1.82) is 0 Å². The van der Waals surface area contributed by atoms with Crippen LogP contribution in [0.4, 0.5) is 0 Å². The van der Waals surface area contributed by atoms with Crippen molar-refractivity contribution in [3.63, 3.8) is 0 Å². The SMILES string of the molecule is CC(C)CC(CN)NC(=O)C1CCCC1C. The first-order valence-corrected chi connectivity index (χ1v) is 6.55. The predicted molar refractivity (Wildman–Crippen MR) is 66.9 cm³/mol. The molecule has 0 aromatic carbocycles. The molecule has 0 spiro atoms. The number of nitrogens with one attached hydrogen (secondary N) is 1. The average molecular weight is 226 g/mol. The molecule has 0 bridgehead atoms. The van der Waals surface area contributed by atoms with E-state index >= 15 is 0 Å². The van der Waals surface area contributed by atoms with E-state index in [9.17, 15) is 4.79 Å².